The summed E-state index contributed by atoms with van der Waals surface area (Å²) < 4.78 is 5.06. The van der Waals surface area contributed by atoms with Gasteiger partial charge in [0, 0.05) is 6.08 Å². The molecule has 4 saturated carbocycles. The Morgan fingerprint density at radius 3 is 2.11 bits per heavy atom. The topological polar surface area (TPSA) is 26.3 Å². The van der Waals surface area contributed by atoms with Crippen LogP contribution in [-0.2, 0) is 9.53 Å². The van der Waals surface area contributed by atoms with E-state index < -0.39 is 0 Å². The second-order valence-corrected chi connectivity index (χ2v) is 6.78. The van der Waals surface area contributed by atoms with Gasteiger partial charge in [0.2, 0.25) is 0 Å². The number of rotatable bonds is 3. The van der Waals surface area contributed by atoms with Crippen molar-refractivity contribution in [1.82, 2.24) is 0 Å². The van der Waals surface area contributed by atoms with Gasteiger partial charge in [0.25, 0.3) is 0 Å². The van der Waals surface area contributed by atoms with Crippen molar-refractivity contribution in [3.63, 3.8) is 0 Å². The van der Waals surface area contributed by atoms with E-state index >= 15 is 0 Å². The molecule has 0 aromatic carbocycles. The quantitative estimate of drug-likeness (QED) is 0.562. The molecule has 4 fully saturated rings. The van der Waals surface area contributed by atoms with E-state index in [1.54, 1.807) is 6.08 Å². The zero-order valence-corrected chi connectivity index (χ0v) is 11.6. The number of carbonyl (C=O) groups is 1. The zero-order valence-electron chi connectivity index (χ0n) is 11.6. The lowest BCUT2D eigenvalue weighted by molar-refractivity contribution is -0.137. The highest BCUT2D eigenvalue weighted by atomic mass is 16.5. The first kappa shape index (κ1) is 12.3. The van der Waals surface area contributed by atoms with Crippen molar-refractivity contribution in [2.45, 2.75) is 52.4 Å². The lowest BCUT2D eigenvalue weighted by Crippen LogP contribution is -2.46. The SMILES string of the molecule is CCOC(=O)C=C(C)C12CC3CC(CC(C3)C1)C2. The summed E-state index contributed by atoms with van der Waals surface area (Å²) >= 11 is 0. The monoisotopic (exact) mass is 248 g/mol. The van der Waals surface area contributed by atoms with Gasteiger partial charge in [-0.3, -0.25) is 0 Å². The first-order valence-corrected chi connectivity index (χ1v) is 7.47. The van der Waals surface area contributed by atoms with Crippen LogP contribution in [0, 0.1) is 23.2 Å². The smallest absolute Gasteiger partial charge is 0.330 e. The molecule has 2 nitrogen and oxygen atoms in total. The van der Waals surface area contributed by atoms with Gasteiger partial charge < -0.3 is 4.74 Å². The van der Waals surface area contributed by atoms with Crippen LogP contribution in [-0.4, -0.2) is 12.6 Å². The van der Waals surface area contributed by atoms with Gasteiger partial charge >= 0.3 is 5.97 Å². The molecule has 100 valence electrons. The highest BCUT2D eigenvalue weighted by molar-refractivity contribution is 5.83. The summed E-state index contributed by atoms with van der Waals surface area (Å²) in [7, 11) is 0. The standard InChI is InChI=1S/C16H24O2/c1-3-18-15(17)4-11(2)16-8-12-5-13(9-16)7-14(6-12)10-16/h4,12-14H,3,5-10H2,1-2H3. The Kier molecular flexibility index (Phi) is 2.99. The van der Waals surface area contributed by atoms with Gasteiger partial charge in [-0.05, 0) is 75.5 Å². The van der Waals surface area contributed by atoms with Crippen LogP contribution in [0.15, 0.2) is 11.6 Å². The maximum Gasteiger partial charge on any atom is 0.330 e. The molecule has 0 heterocycles. The molecule has 0 saturated heterocycles. The van der Waals surface area contributed by atoms with Crippen LogP contribution in [0.5, 0.6) is 0 Å². The minimum atomic E-state index is -0.147. The zero-order chi connectivity index (χ0) is 12.8. The van der Waals surface area contributed by atoms with Gasteiger partial charge in [-0.1, -0.05) is 5.57 Å². The second kappa shape index (κ2) is 4.40. The molecular formula is C16H24O2. The molecule has 0 aliphatic heterocycles. The van der Waals surface area contributed by atoms with E-state index in [1.807, 2.05) is 6.92 Å². The number of allylic oxidation sites excluding steroid dienone is 1. The van der Waals surface area contributed by atoms with Crippen LogP contribution in [0.2, 0.25) is 0 Å². The highest BCUT2D eigenvalue weighted by Gasteiger charge is 2.51. The fraction of sp³-hybridized carbons (Fsp3) is 0.812. The second-order valence-electron chi connectivity index (χ2n) is 6.78. The van der Waals surface area contributed by atoms with Crippen LogP contribution in [0.25, 0.3) is 0 Å². The molecule has 0 aromatic rings. The summed E-state index contributed by atoms with van der Waals surface area (Å²) in [6.07, 6.45) is 10.1. The molecule has 0 spiro atoms. The molecule has 0 atom stereocenters. The van der Waals surface area contributed by atoms with E-state index in [0.29, 0.717) is 12.0 Å². The van der Waals surface area contributed by atoms with Crippen LogP contribution in [0.4, 0.5) is 0 Å². The summed E-state index contributed by atoms with van der Waals surface area (Å²) in [4.78, 5) is 11.6. The fourth-order valence-corrected chi connectivity index (χ4v) is 5.11. The van der Waals surface area contributed by atoms with Crippen LogP contribution < -0.4 is 0 Å². The molecule has 4 rings (SSSR count). The van der Waals surface area contributed by atoms with Gasteiger partial charge in [0.1, 0.15) is 0 Å². The number of ether oxygens (including phenoxy) is 1. The summed E-state index contributed by atoms with van der Waals surface area (Å²) in [6.45, 7) is 4.50. The van der Waals surface area contributed by atoms with E-state index in [-0.39, 0.29) is 5.97 Å². The average Bonchev–Trinajstić information content (AvgIpc) is 2.27. The minimum Gasteiger partial charge on any atom is -0.463 e. The van der Waals surface area contributed by atoms with Gasteiger partial charge in [0.05, 0.1) is 6.61 Å². The lowest BCUT2D eigenvalue weighted by atomic mass is 9.48. The Bertz CT molecular complexity index is 345. The molecule has 0 radical (unpaired) electrons. The predicted octanol–water partition coefficient (Wildman–Crippen LogP) is 3.71. The Morgan fingerprint density at radius 1 is 1.17 bits per heavy atom. The first-order valence-electron chi connectivity index (χ1n) is 7.47. The van der Waals surface area contributed by atoms with Crippen molar-refractivity contribution < 1.29 is 9.53 Å². The van der Waals surface area contributed by atoms with E-state index in [2.05, 4.69) is 6.92 Å². The van der Waals surface area contributed by atoms with E-state index in [0.717, 1.165) is 17.8 Å². The molecule has 18 heavy (non-hydrogen) atoms. The summed E-state index contributed by atoms with van der Waals surface area (Å²) in [5.41, 5.74) is 1.64. The van der Waals surface area contributed by atoms with Gasteiger partial charge in [-0.15, -0.1) is 0 Å². The molecule has 0 aromatic heterocycles. The molecular weight excluding hydrogens is 224 g/mol. The largest absolute Gasteiger partial charge is 0.463 e. The summed E-state index contributed by atoms with van der Waals surface area (Å²) in [5.74, 6) is 2.65. The lowest BCUT2D eigenvalue weighted by Gasteiger charge is -2.57. The third-order valence-electron chi connectivity index (χ3n) is 5.50. The Morgan fingerprint density at radius 2 is 1.67 bits per heavy atom. The third kappa shape index (κ3) is 2.00. The van der Waals surface area contributed by atoms with Crippen molar-refractivity contribution >= 4 is 5.97 Å². The van der Waals surface area contributed by atoms with Crippen LogP contribution in [0.1, 0.15) is 52.4 Å². The normalized spacial score (nSPS) is 42.1. The Balaban J connectivity index is 1.80. The Labute approximate surface area is 110 Å². The molecule has 4 bridgehead atoms. The van der Waals surface area contributed by atoms with Crippen molar-refractivity contribution in [2.75, 3.05) is 6.61 Å². The van der Waals surface area contributed by atoms with E-state index in [4.69, 9.17) is 4.74 Å². The Hall–Kier alpha value is -0.790. The highest BCUT2D eigenvalue weighted by Crippen LogP contribution is 2.62. The predicted molar refractivity (Wildman–Crippen MR) is 71.0 cm³/mol. The minimum absolute atomic E-state index is 0.147. The molecule has 4 aliphatic carbocycles. The average molecular weight is 248 g/mol. The molecule has 4 aliphatic rings. The van der Waals surface area contributed by atoms with Crippen molar-refractivity contribution in [3.8, 4) is 0 Å². The molecule has 0 N–H and O–H groups in total. The van der Waals surface area contributed by atoms with Gasteiger partial charge in [-0.2, -0.15) is 0 Å². The molecule has 2 heteroatoms. The van der Waals surface area contributed by atoms with Crippen LogP contribution >= 0.6 is 0 Å². The van der Waals surface area contributed by atoms with Gasteiger partial charge in [0.15, 0.2) is 0 Å². The van der Waals surface area contributed by atoms with E-state index in [9.17, 15) is 4.79 Å². The summed E-state index contributed by atoms with van der Waals surface area (Å²) in [6, 6.07) is 0. The molecule has 0 unspecified atom stereocenters. The number of hydrogen-bond acceptors (Lipinski definition) is 2. The maximum absolute atomic E-state index is 11.6. The van der Waals surface area contributed by atoms with Crippen molar-refractivity contribution in [2.24, 2.45) is 23.2 Å². The maximum atomic E-state index is 11.6. The van der Waals surface area contributed by atoms with Crippen molar-refractivity contribution in [1.29, 1.82) is 0 Å². The number of carbonyl (C=O) groups excluding carboxylic acids is 1. The number of esters is 1. The summed E-state index contributed by atoms with van der Waals surface area (Å²) in [5, 5.41) is 0. The fourth-order valence-electron chi connectivity index (χ4n) is 5.11. The van der Waals surface area contributed by atoms with E-state index in [1.165, 1.54) is 44.1 Å². The third-order valence-corrected chi connectivity index (χ3v) is 5.50. The number of hydrogen-bond donors (Lipinski definition) is 0. The molecule has 0 amide bonds. The first-order chi connectivity index (χ1) is 8.61. The van der Waals surface area contributed by atoms with Crippen LogP contribution in [0.3, 0.4) is 0 Å². The van der Waals surface area contributed by atoms with Gasteiger partial charge in [-0.25, -0.2) is 4.79 Å². The van der Waals surface area contributed by atoms with Crippen molar-refractivity contribution in [3.05, 3.63) is 11.6 Å².